The van der Waals surface area contributed by atoms with E-state index in [2.05, 4.69) is 26.4 Å². The summed E-state index contributed by atoms with van der Waals surface area (Å²) < 4.78 is 62.4. The van der Waals surface area contributed by atoms with Gasteiger partial charge in [-0.2, -0.15) is 28.4 Å². The minimum absolute atomic E-state index is 0.00805. The molecule has 5 rings (SSSR count). The number of hydrogen-bond acceptors (Lipinski definition) is 9. The Bertz CT molecular complexity index is 1700. The van der Waals surface area contributed by atoms with E-state index in [9.17, 15) is 27.6 Å². The third kappa shape index (κ3) is 6.60. The molecule has 10 nitrogen and oxygen atoms in total. The minimum atomic E-state index is -4.74. The number of amides is 1. The summed E-state index contributed by atoms with van der Waals surface area (Å²) in [5.74, 6) is -1.80. The number of benzene rings is 1. The summed E-state index contributed by atoms with van der Waals surface area (Å²) in [5, 5.41) is 9.78. The first-order valence-electron chi connectivity index (χ1n) is 14.2. The second-order valence-electron chi connectivity index (χ2n) is 11.2. The molecule has 4 heterocycles. The van der Waals surface area contributed by atoms with Gasteiger partial charge in [0.15, 0.2) is 5.83 Å². The van der Waals surface area contributed by atoms with Crippen LogP contribution in [0, 0.1) is 18.3 Å². The number of carbonyl (C=O) groups is 1. The lowest BCUT2D eigenvalue weighted by Gasteiger charge is -2.41. The highest BCUT2D eigenvalue weighted by Gasteiger charge is 2.38. The number of likely N-dealkylation sites (tertiary alicyclic amines) is 1. The summed E-state index contributed by atoms with van der Waals surface area (Å²) in [6.45, 7) is 5.97. The highest BCUT2D eigenvalue weighted by molar-refractivity contribution is 6.34. The van der Waals surface area contributed by atoms with E-state index in [1.165, 1.54) is 24.0 Å². The molecule has 0 radical (unpaired) electrons. The van der Waals surface area contributed by atoms with Gasteiger partial charge in [-0.15, -0.1) is 0 Å². The third-order valence-corrected chi connectivity index (χ3v) is 8.51. The van der Waals surface area contributed by atoms with Crippen LogP contribution in [0.1, 0.15) is 30.4 Å². The van der Waals surface area contributed by atoms with E-state index >= 15 is 0 Å². The maximum absolute atomic E-state index is 14.2. The number of ether oxygens (including phenoxy) is 1. The first-order chi connectivity index (χ1) is 21.3. The Morgan fingerprint density at radius 1 is 1.20 bits per heavy atom. The average Bonchev–Trinajstić information content (AvgIpc) is 3.38. The fourth-order valence-electron chi connectivity index (χ4n) is 5.96. The van der Waals surface area contributed by atoms with Gasteiger partial charge in [0.1, 0.15) is 18.2 Å². The molecule has 1 aromatic carbocycles. The van der Waals surface area contributed by atoms with Gasteiger partial charge >= 0.3 is 12.2 Å². The summed E-state index contributed by atoms with van der Waals surface area (Å²) >= 11 is 6.65. The standard InChI is InChI=1S/C30H31ClF4N8O2/c1-16-11-24(37)39-26(25(16)30(33,34)35)20-13-23-21(12-22(20)31)27(40-29(38-23)45-15-19-5-4-8-41(19)3)42-9-10-43(28(44)17(2)32)18(14-42)6-7-36/h11-13,18-19H,2,4-6,8-10,14-15H2,1,3H3,(H2,37,39). The van der Waals surface area contributed by atoms with Crippen LogP contribution in [0.5, 0.6) is 6.01 Å². The molecule has 0 saturated carbocycles. The van der Waals surface area contributed by atoms with Gasteiger partial charge in [-0.05, 0) is 57.1 Å². The third-order valence-electron chi connectivity index (χ3n) is 8.20. The molecule has 2 saturated heterocycles. The topological polar surface area (TPSA) is 124 Å². The van der Waals surface area contributed by atoms with Gasteiger partial charge in [-0.3, -0.25) is 4.79 Å². The van der Waals surface area contributed by atoms with E-state index < -0.39 is 35.2 Å². The highest BCUT2D eigenvalue weighted by Crippen LogP contribution is 2.43. The quantitative estimate of drug-likeness (QED) is 0.274. The molecule has 1 amide bonds. The monoisotopic (exact) mass is 646 g/mol. The number of anilines is 2. The van der Waals surface area contributed by atoms with Crippen LogP contribution in [-0.4, -0.2) is 82.6 Å². The SMILES string of the molecule is C=C(F)C(=O)N1CCN(c2nc(OCC3CCCN3C)nc3cc(-c4nc(N)cc(C)c4C(F)(F)F)c(Cl)cc23)CC1CC#N. The smallest absolute Gasteiger partial charge is 0.418 e. The molecule has 0 bridgehead atoms. The number of rotatable bonds is 7. The molecular formula is C30H31ClF4N8O2. The molecule has 0 aliphatic carbocycles. The Balaban J connectivity index is 1.63. The van der Waals surface area contributed by atoms with Gasteiger partial charge in [0.2, 0.25) is 0 Å². The molecular weight excluding hydrogens is 616 g/mol. The minimum Gasteiger partial charge on any atom is -0.462 e. The number of nitrogen functional groups attached to an aromatic ring is 1. The molecule has 2 aliphatic rings. The number of carbonyl (C=O) groups excluding carboxylic acids is 1. The molecule has 2 N–H and O–H groups in total. The van der Waals surface area contributed by atoms with Gasteiger partial charge in [0, 0.05) is 36.6 Å². The predicted molar refractivity (Wildman–Crippen MR) is 161 cm³/mol. The summed E-state index contributed by atoms with van der Waals surface area (Å²) in [5.41, 5.74) is 4.55. The maximum atomic E-state index is 14.2. The van der Waals surface area contributed by atoms with Gasteiger partial charge in [-0.25, -0.2) is 9.37 Å². The van der Waals surface area contributed by atoms with Crippen molar-refractivity contribution in [3.05, 3.63) is 46.8 Å². The van der Waals surface area contributed by atoms with Crippen LogP contribution in [0.4, 0.5) is 29.2 Å². The van der Waals surface area contributed by atoms with Gasteiger partial charge < -0.3 is 25.2 Å². The fraction of sp³-hybridized carbons (Fsp3) is 0.433. The van der Waals surface area contributed by atoms with E-state index in [0.717, 1.165) is 25.5 Å². The Hall–Kier alpha value is -4.22. The van der Waals surface area contributed by atoms with E-state index in [-0.39, 0.29) is 72.2 Å². The van der Waals surface area contributed by atoms with Crippen LogP contribution >= 0.6 is 11.6 Å². The number of nitrogens with zero attached hydrogens (tertiary/aromatic N) is 7. The lowest BCUT2D eigenvalue weighted by atomic mass is 9.99. The Morgan fingerprint density at radius 3 is 2.60 bits per heavy atom. The Kier molecular flexibility index (Phi) is 9.04. The second kappa shape index (κ2) is 12.6. The number of aromatic nitrogens is 3. The van der Waals surface area contributed by atoms with Crippen LogP contribution < -0.4 is 15.4 Å². The van der Waals surface area contributed by atoms with Crippen LogP contribution in [-0.2, 0) is 11.0 Å². The van der Waals surface area contributed by atoms with Gasteiger partial charge in [-0.1, -0.05) is 18.2 Å². The van der Waals surface area contributed by atoms with Crippen molar-refractivity contribution in [2.24, 2.45) is 0 Å². The van der Waals surface area contributed by atoms with E-state index in [4.69, 9.17) is 22.1 Å². The molecule has 2 aromatic heterocycles. The van der Waals surface area contributed by atoms with Crippen molar-refractivity contribution in [3.8, 4) is 23.3 Å². The Morgan fingerprint density at radius 2 is 1.96 bits per heavy atom. The van der Waals surface area contributed by atoms with Gasteiger partial charge in [0.25, 0.3) is 5.91 Å². The number of pyridine rings is 1. The van der Waals surface area contributed by atoms with Gasteiger partial charge in [0.05, 0.1) is 40.3 Å². The largest absolute Gasteiger partial charge is 0.462 e. The summed E-state index contributed by atoms with van der Waals surface area (Å²) in [6.07, 6.45) is -2.89. The van der Waals surface area contributed by atoms with Crippen LogP contribution in [0.3, 0.4) is 0 Å². The van der Waals surface area contributed by atoms with Crippen molar-refractivity contribution < 1.29 is 27.1 Å². The van der Waals surface area contributed by atoms with E-state index in [1.807, 2.05) is 13.1 Å². The van der Waals surface area contributed by atoms with Crippen molar-refractivity contribution in [2.75, 3.05) is 50.5 Å². The molecule has 2 fully saturated rings. The molecule has 0 spiro atoms. The summed E-state index contributed by atoms with van der Waals surface area (Å²) in [7, 11) is 1.99. The molecule has 2 atom stereocenters. The fourth-order valence-corrected chi connectivity index (χ4v) is 6.21. The predicted octanol–water partition coefficient (Wildman–Crippen LogP) is 5.14. The number of nitriles is 1. The molecule has 238 valence electrons. The number of piperazine rings is 1. The molecule has 3 aromatic rings. The molecule has 15 heteroatoms. The number of likely N-dealkylation sites (N-methyl/N-ethyl adjacent to an activating group) is 1. The van der Waals surface area contributed by atoms with Crippen molar-refractivity contribution in [1.29, 1.82) is 5.26 Å². The zero-order valence-electron chi connectivity index (χ0n) is 24.7. The number of halogens is 5. The van der Waals surface area contributed by atoms with Crippen molar-refractivity contribution in [3.63, 3.8) is 0 Å². The first-order valence-corrected chi connectivity index (χ1v) is 14.6. The zero-order chi connectivity index (χ0) is 32.6. The highest BCUT2D eigenvalue weighted by atomic mass is 35.5. The van der Waals surface area contributed by atoms with E-state index in [0.29, 0.717) is 11.2 Å². The van der Waals surface area contributed by atoms with Crippen molar-refractivity contribution >= 4 is 40.0 Å². The summed E-state index contributed by atoms with van der Waals surface area (Å²) in [6, 6.07) is 5.47. The molecule has 2 aliphatic heterocycles. The zero-order valence-corrected chi connectivity index (χ0v) is 25.4. The van der Waals surface area contributed by atoms with Crippen molar-refractivity contribution in [2.45, 2.75) is 44.4 Å². The number of hydrogen-bond donors (Lipinski definition) is 1. The number of alkyl halides is 3. The van der Waals surface area contributed by atoms with Crippen molar-refractivity contribution in [1.82, 2.24) is 24.8 Å². The molecule has 2 unspecified atom stereocenters. The van der Waals surface area contributed by atoms with Crippen LogP contribution in [0.15, 0.2) is 30.6 Å². The lowest BCUT2D eigenvalue weighted by Crippen LogP contribution is -2.55. The normalized spacial score (nSPS) is 19.2. The van der Waals surface area contributed by atoms with E-state index in [1.54, 1.807) is 4.90 Å². The first kappa shape index (κ1) is 32.2. The van der Waals surface area contributed by atoms with Crippen LogP contribution in [0.2, 0.25) is 5.02 Å². The second-order valence-corrected chi connectivity index (χ2v) is 11.6. The number of nitrogens with two attached hydrogens (primary N) is 1. The average molecular weight is 647 g/mol. The Labute approximate surface area is 262 Å². The number of aryl methyl sites for hydroxylation is 1. The maximum Gasteiger partial charge on any atom is 0.418 e. The number of fused-ring (bicyclic) bond motifs is 1. The molecule has 45 heavy (non-hydrogen) atoms. The lowest BCUT2D eigenvalue weighted by molar-refractivity contribution is -0.137. The summed E-state index contributed by atoms with van der Waals surface area (Å²) in [4.78, 5) is 30.9. The van der Waals surface area contributed by atoms with Crippen LogP contribution in [0.25, 0.3) is 22.2 Å².